The molecule has 178 valence electrons. The van der Waals surface area contributed by atoms with Crippen molar-refractivity contribution in [3.05, 3.63) is 12.2 Å². The van der Waals surface area contributed by atoms with Crippen LogP contribution in [-0.2, 0) is 28.5 Å². The number of ether oxygens (including phenoxy) is 4. The molecule has 2 atom stereocenters. The highest BCUT2D eigenvalue weighted by Gasteiger charge is 2.31. The number of carbonyl (C=O) groups excluding carboxylic acids is 2. The van der Waals surface area contributed by atoms with Crippen molar-refractivity contribution in [1.29, 1.82) is 0 Å². The Morgan fingerprint density at radius 3 is 2.06 bits per heavy atom. The number of unbranched alkanes of at least 4 members (excludes halogenated alkanes) is 1. The van der Waals surface area contributed by atoms with Gasteiger partial charge >= 0.3 is 11.9 Å². The predicted octanol–water partition coefficient (Wildman–Crippen LogP) is 4.99. The van der Waals surface area contributed by atoms with Crippen LogP contribution in [0.15, 0.2) is 12.2 Å². The molecule has 2 aliphatic rings. The Bertz CT molecular complexity index is 538. The molecule has 0 aliphatic heterocycles. The van der Waals surface area contributed by atoms with Crippen molar-refractivity contribution in [3.63, 3.8) is 0 Å². The molecule has 2 rings (SSSR count). The van der Waals surface area contributed by atoms with Crippen molar-refractivity contribution >= 4 is 11.9 Å². The van der Waals surface area contributed by atoms with Crippen molar-refractivity contribution in [2.75, 3.05) is 26.4 Å². The minimum absolute atomic E-state index is 0.117. The topological polar surface area (TPSA) is 71.1 Å². The van der Waals surface area contributed by atoms with E-state index in [0.29, 0.717) is 52.1 Å². The summed E-state index contributed by atoms with van der Waals surface area (Å²) in [6.45, 7) is 5.81. The van der Waals surface area contributed by atoms with Crippen molar-refractivity contribution in [3.8, 4) is 0 Å². The summed E-state index contributed by atoms with van der Waals surface area (Å²) >= 11 is 0. The molecule has 0 amide bonds. The minimum atomic E-state index is -0.162. The lowest BCUT2D eigenvalue weighted by atomic mass is 9.82. The van der Waals surface area contributed by atoms with Crippen molar-refractivity contribution in [1.82, 2.24) is 0 Å². The molecule has 0 bridgehead atoms. The molecule has 2 aliphatic carbocycles. The van der Waals surface area contributed by atoms with Crippen LogP contribution >= 0.6 is 0 Å². The van der Waals surface area contributed by atoms with Crippen molar-refractivity contribution in [2.45, 2.75) is 96.7 Å². The van der Waals surface area contributed by atoms with Gasteiger partial charge in [0.2, 0.25) is 0 Å². The second-order valence-electron chi connectivity index (χ2n) is 8.70. The Morgan fingerprint density at radius 2 is 1.52 bits per heavy atom. The third kappa shape index (κ3) is 10.2. The normalized spacial score (nSPS) is 24.5. The van der Waals surface area contributed by atoms with E-state index in [2.05, 4.69) is 26.0 Å². The van der Waals surface area contributed by atoms with E-state index >= 15 is 0 Å². The first kappa shape index (κ1) is 25.9. The first-order chi connectivity index (χ1) is 15.1. The van der Waals surface area contributed by atoms with Gasteiger partial charge in [0.05, 0.1) is 37.3 Å². The zero-order valence-corrected chi connectivity index (χ0v) is 19.5. The van der Waals surface area contributed by atoms with Crippen molar-refractivity contribution in [2.24, 2.45) is 11.8 Å². The SMILES string of the molecule is CCCCC(CC)OCCOC(=O)C1CCC(C(=O)OCCOC2CC=CCC2)CC1. The summed E-state index contributed by atoms with van der Waals surface area (Å²) in [6.07, 6.45) is 14.9. The number of carbonyl (C=O) groups is 2. The van der Waals surface area contributed by atoms with Gasteiger partial charge in [0, 0.05) is 0 Å². The standard InChI is InChI=1S/C25H42O6/c1-3-5-9-22(4-2)28-16-18-30-24(26)20-12-14-21(15-13-20)25(27)31-19-17-29-23-10-7-6-8-11-23/h6-7,20-23H,3-5,8-19H2,1-2H3. The van der Waals surface area contributed by atoms with E-state index in [9.17, 15) is 9.59 Å². The van der Waals surface area contributed by atoms with E-state index in [1.807, 2.05) is 0 Å². The van der Waals surface area contributed by atoms with Gasteiger partial charge in [0.25, 0.3) is 0 Å². The molecule has 0 N–H and O–H groups in total. The maximum atomic E-state index is 12.3. The second-order valence-corrected chi connectivity index (χ2v) is 8.70. The highest BCUT2D eigenvalue weighted by molar-refractivity contribution is 5.75. The predicted molar refractivity (Wildman–Crippen MR) is 120 cm³/mol. The highest BCUT2D eigenvalue weighted by atomic mass is 16.6. The lowest BCUT2D eigenvalue weighted by Gasteiger charge is -2.26. The quantitative estimate of drug-likeness (QED) is 0.216. The zero-order chi connectivity index (χ0) is 22.3. The monoisotopic (exact) mass is 438 g/mol. The molecule has 31 heavy (non-hydrogen) atoms. The summed E-state index contributed by atoms with van der Waals surface area (Å²) < 4.78 is 22.4. The largest absolute Gasteiger partial charge is 0.463 e. The summed E-state index contributed by atoms with van der Waals surface area (Å²) in [7, 11) is 0. The van der Waals surface area contributed by atoms with E-state index in [1.165, 1.54) is 0 Å². The van der Waals surface area contributed by atoms with E-state index in [4.69, 9.17) is 18.9 Å². The van der Waals surface area contributed by atoms with Crippen LogP contribution in [0.25, 0.3) is 0 Å². The van der Waals surface area contributed by atoms with E-state index in [1.54, 1.807) is 0 Å². The summed E-state index contributed by atoms with van der Waals surface area (Å²) in [6, 6.07) is 0. The lowest BCUT2D eigenvalue weighted by molar-refractivity contribution is -0.157. The first-order valence-corrected chi connectivity index (χ1v) is 12.3. The van der Waals surface area contributed by atoms with Crippen LogP contribution in [0, 0.1) is 11.8 Å². The molecule has 0 radical (unpaired) electrons. The Kier molecular flexibility index (Phi) is 12.9. The van der Waals surface area contributed by atoms with Gasteiger partial charge in [-0.1, -0.05) is 38.8 Å². The Hall–Kier alpha value is -1.40. The average Bonchev–Trinajstić information content (AvgIpc) is 2.82. The smallest absolute Gasteiger partial charge is 0.309 e. The summed E-state index contributed by atoms with van der Waals surface area (Å²) in [5.41, 5.74) is 0. The Labute approximate surface area is 188 Å². The first-order valence-electron chi connectivity index (χ1n) is 12.3. The fraction of sp³-hybridized carbons (Fsp3) is 0.840. The van der Waals surface area contributed by atoms with Crippen LogP contribution in [0.1, 0.15) is 84.5 Å². The molecule has 0 aromatic rings. The number of allylic oxidation sites excluding steroid dienone is 1. The molecule has 6 heteroatoms. The molecule has 0 saturated heterocycles. The molecule has 0 aromatic carbocycles. The average molecular weight is 439 g/mol. The lowest BCUT2D eigenvalue weighted by Crippen LogP contribution is -2.29. The van der Waals surface area contributed by atoms with Crippen LogP contribution < -0.4 is 0 Å². The van der Waals surface area contributed by atoms with Crippen LogP contribution in [-0.4, -0.2) is 50.6 Å². The van der Waals surface area contributed by atoms with Crippen LogP contribution in [0.5, 0.6) is 0 Å². The molecule has 6 nitrogen and oxygen atoms in total. The fourth-order valence-electron chi connectivity index (χ4n) is 4.27. The van der Waals surface area contributed by atoms with Crippen LogP contribution in [0.4, 0.5) is 0 Å². The minimum Gasteiger partial charge on any atom is -0.463 e. The van der Waals surface area contributed by atoms with E-state index in [-0.39, 0.29) is 36.0 Å². The van der Waals surface area contributed by atoms with Crippen LogP contribution in [0.3, 0.4) is 0 Å². The Balaban J connectivity index is 1.52. The molecule has 1 saturated carbocycles. The number of esters is 2. The second kappa shape index (κ2) is 15.4. The molecule has 0 aromatic heterocycles. The Morgan fingerprint density at radius 1 is 0.871 bits per heavy atom. The third-order valence-corrected chi connectivity index (χ3v) is 6.31. The van der Waals surface area contributed by atoms with E-state index < -0.39 is 0 Å². The fourth-order valence-corrected chi connectivity index (χ4v) is 4.27. The maximum absolute atomic E-state index is 12.3. The molecule has 1 fully saturated rings. The highest BCUT2D eigenvalue weighted by Crippen LogP contribution is 2.30. The van der Waals surface area contributed by atoms with Crippen molar-refractivity contribution < 1.29 is 28.5 Å². The summed E-state index contributed by atoms with van der Waals surface area (Å²) in [5.74, 6) is -0.556. The van der Waals surface area contributed by atoms with Crippen LogP contribution in [0.2, 0.25) is 0 Å². The summed E-state index contributed by atoms with van der Waals surface area (Å²) in [4.78, 5) is 24.6. The molecule has 0 heterocycles. The zero-order valence-electron chi connectivity index (χ0n) is 19.5. The molecule has 2 unspecified atom stereocenters. The molecular weight excluding hydrogens is 396 g/mol. The maximum Gasteiger partial charge on any atom is 0.309 e. The summed E-state index contributed by atoms with van der Waals surface area (Å²) in [5, 5.41) is 0. The van der Waals surface area contributed by atoms with Gasteiger partial charge in [-0.3, -0.25) is 9.59 Å². The molecule has 0 spiro atoms. The van der Waals surface area contributed by atoms with E-state index in [0.717, 1.165) is 44.9 Å². The molecular formula is C25H42O6. The number of rotatable bonds is 14. The number of hydrogen-bond donors (Lipinski definition) is 0. The van der Waals surface area contributed by atoms with Gasteiger partial charge in [0.15, 0.2) is 0 Å². The van der Waals surface area contributed by atoms with Gasteiger partial charge < -0.3 is 18.9 Å². The number of hydrogen-bond acceptors (Lipinski definition) is 6. The van der Waals surface area contributed by atoms with Gasteiger partial charge in [-0.15, -0.1) is 0 Å². The van der Waals surface area contributed by atoms with Gasteiger partial charge in [-0.25, -0.2) is 0 Å². The van der Waals surface area contributed by atoms with Gasteiger partial charge in [-0.2, -0.15) is 0 Å². The van der Waals surface area contributed by atoms with Gasteiger partial charge in [0.1, 0.15) is 13.2 Å². The third-order valence-electron chi connectivity index (χ3n) is 6.31. The van der Waals surface area contributed by atoms with Gasteiger partial charge in [-0.05, 0) is 57.8 Å².